The quantitative estimate of drug-likeness (QED) is 0.566. The molecule has 0 atom stereocenters. The summed E-state index contributed by atoms with van der Waals surface area (Å²) in [4.78, 5) is 15.2. The average Bonchev–Trinajstić information content (AvgIpc) is 2.44. The van der Waals surface area contributed by atoms with Gasteiger partial charge in [-0.05, 0) is 19.1 Å². The van der Waals surface area contributed by atoms with Crippen molar-refractivity contribution >= 4 is 33.2 Å². The van der Waals surface area contributed by atoms with Crippen molar-refractivity contribution in [3.05, 3.63) is 24.0 Å². The summed E-state index contributed by atoms with van der Waals surface area (Å²) >= 11 is 4.81. The van der Waals surface area contributed by atoms with Crippen LogP contribution in [0.2, 0.25) is 0 Å². The van der Waals surface area contributed by atoms with E-state index in [0.717, 1.165) is 4.31 Å². The highest BCUT2D eigenvalue weighted by Crippen LogP contribution is 2.18. The van der Waals surface area contributed by atoms with Crippen LogP contribution in [-0.4, -0.2) is 48.4 Å². The maximum absolute atomic E-state index is 12.6. The SMILES string of the molecule is CCOC(=O)CN(CC)S(=O)(=O)c1cccnc1C(N)=S. The third-order valence-electron chi connectivity index (χ3n) is 2.59. The number of aromatic nitrogens is 1. The van der Waals surface area contributed by atoms with E-state index in [1.54, 1.807) is 13.8 Å². The van der Waals surface area contributed by atoms with Gasteiger partial charge in [0, 0.05) is 12.7 Å². The maximum Gasteiger partial charge on any atom is 0.321 e. The van der Waals surface area contributed by atoms with Gasteiger partial charge in [0.05, 0.1) is 6.61 Å². The second-order valence-electron chi connectivity index (χ2n) is 3.95. The van der Waals surface area contributed by atoms with Gasteiger partial charge in [0.15, 0.2) is 0 Å². The van der Waals surface area contributed by atoms with Crippen molar-refractivity contribution in [2.45, 2.75) is 18.7 Å². The molecule has 0 radical (unpaired) electrons. The number of likely N-dealkylation sites (N-methyl/N-ethyl adjacent to an activating group) is 1. The van der Waals surface area contributed by atoms with E-state index in [4.69, 9.17) is 22.7 Å². The fourth-order valence-corrected chi connectivity index (χ4v) is 3.42. The molecule has 7 nitrogen and oxygen atoms in total. The monoisotopic (exact) mass is 331 g/mol. The number of esters is 1. The Morgan fingerprint density at radius 3 is 2.67 bits per heavy atom. The first-order valence-electron chi connectivity index (χ1n) is 6.25. The molecule has 0 aliphatic rings. The fraction of sp³-hybridized carbons (Fsp3) is 0.417. The van der Waals surface area contributed by atoms with Crippen LogP contribution in [0.3, 0.4) is 0 Å². The van der Waals surface area contributed by atoms with Gasteiger partial charge in [-0.1, -0.05) is 19.1 Å². The number of carbonyl (C=O) groups is 1. The Kier molecular flexibility index (Phi) is 6.19. The maximum atomic E-state index is 12.6. The van der Waals surface area contributed by atoms with Gasteiger partial charge >= 0.3 is 5.97 Å². The van der Waals surface area contributed by atoms with E-state index < -0.39 is 16.0 Å². The van der Waals surface area contributed by atoms with Gasteiger partial charge in [-0.15, -0.1) is 0 Å². The zero-order valence-electron chi connectivity index (χ0n) is 11.8. The van der Waals surface area contributed by atoms with Gasteiger partial charge in [-0.3, -0.25) is 9.78 Å². The Balaban J connectivity index is 3.19. The lowest BCUT2D eigenvalue weighted by atomic mass is 10.3. The van der Waals surface area contributed by atoms with Gasteiger partial charge in [0.1, 0.15) is 22.1 Å². The number of ether oxygens (including phenoxy) is 1. The van der Waals surface area contributed by atoms with Gasteiger partial charge in [-0.25, -0.2) is 8.42 Å². The second-order valence-corrected chi connectivity index (χ2v) is 6.30. The molecule has 0 bridgehead atoms. The number of hydrogen-bond donors (Lipinski definition) is 1. The summed E-state index contributed by atoms with van der Waals surface area (Å²) in [5.41, 5.74) is 5.51. The van der Waals surface area contributed by atoms with Crippen LogP contribution in [0.25, 0.3) is 0 Å². The lowest BCUT2D eigenvalue weighted by molar-refractivity contribution is -0.143. The summed E-state index contributed by atoms with van der Waals surface area (Å²) < 4.78 is 30.9. The lowest BCUT2D eigenvalue weighted by Gasteiger charge is -2.20. The van der Waals surface area contributed by atoms with E-state index in [0.29, 0.717) is 0 Å². The van der Waals surface area contributed by atoms with Crippen LogP contribution in [0, 0.1) is 0 Å². The van der Waals surface area contributed by atoms with Crippen molar-refractivity contribution in [2.75, 3.05) is 19.7 Å². The highest BCUT2D eigenvalue weighted by Gasteiger charge is 2.29. The van der Waals surface area contributed by atoms with Crippen LogP contribution in [0.5, 0.6) is 0 Å². The van der Waals surface area contributed by atoms with Crippen molar-refractivity contribution in [3.8, 4) is 0 Å². The Morgan fingerprint density at radius 2 is 2.14 bits per heavy atom. The van der Waals surface area contributed by atoms with Crippen LogP contribution in [0.15, 0.2) is 23.2 Å². The lowest BCUT2D eigenvalue weighted by Crippen LogP contribution is -2.37. The molecule has 116 valence electrons. The minimum absolute atomic E-state index is 0.00908. The first-order valence-corrected chi connectivity index (χ1v) is 8.10. The molecule has 1 aromatic rings. The van der Waals surface area contributed by atoms with Crippen molar-refractivity contribution in [2.24, 2.45) is 5.73 Å². The molecule has 0 saturated carbocycles. The topological polar surface area (TPSA) is 103 Å². The molecular formula is C12H17N3O4S2. The van der Waals surface area contributed by atoms with E-state index in [9.17, 15) is 13.2 Å². The molecule has 0 fully saturated rings. The molecule has 0 saturated heterocycles. The molecule has 0 spiro atoms. The molecule has 1 aromatic heterocycles. The minimum Gasteiger partial charge on any atom is -0.465 e. The van der Waals surface area contributed by atoms with Gasteiger partial charge in [0.25, 0.3) is 0 Å². The summed E-state index contributed by atoms with van der Waals surface area (Å²) in [6.45, 7) is 3.18. The van der Waals surface area contributed by atoms with Crippen molar-refractivity contribution in [1.82, 2.24) is 9.29 Å². The van der Waals surface area contributed by atoms with Gasteiger partial charge in [-0.2, -0.15) is 4.31 Å². The molecule has 0 aliphatic carbocycles. The number of thiocarbonyl (C=S) groups is 1. The summed E-state index contributed by atoms with van der Waals surface area (Å²) in [6, 6.07) is 2.82. The Morgan fingerprint density at radius 1 is 1.48 bits per heavy atom. The predicted octanol–water partition coefficient (Wildman–Crippen LogP) is 0.290. The Labute approximate surface area is 129 Å². The largest absolute Gasteiger partial charge is 0.465 e. The molecule has 0 amide bonds. The Bertz CT molecular complexity index is 631. The number of hydrogen-bond acceptors (Lipinski definition) is 6. The highest BCUT2D eigenvalue weighted by atomic mass is 32.2. The molecular weight excluding hydrogens is 314 g/mol. The second kappa shape index (κ2) is 7.43. The molecule has 1 rings (SSSR count). The number of sulfonamides is 1. The van der Waals surface area contributed by atoms with Crippen LogP contribution in [0.4, 0.5) is 0 Å². The van der Waals surface area contributed by atoms with Crippen molar-refractivity contribution in [1.29, 1.82) is 0 Å². The molecule has 1 heterocycles. The fourth-order valence-electron chi connectivity index (χ4n) is 1.64. The Hall–Kier alpha value is -1.58. The van der Waals surface area contributed by atoms with Crippen molar-refractivity contribution < 1.29 is 17.9 Å². The van der Waals surface area contributed by atoms with Crippen LogP contribution >= 0.6 is 12.2 Å². The first kappa shape index (κ1) is 17.5. The minimum atomic E-state index is -3.94. The molecule has 0 aromatic carbocycles. The first-order chi connectivity index (χ1) is 9.84. The molecule has 2 N–H and O–H groups in total. The molecule has 21 heavy (non-hydrogen) atoms. The molecule has 0 unspecified atom stereocenters. The van der Waals surface area contributed by atoms with Crippen LogP contribution < -0.4 is 5.73 Å². The number of rotatable bonds is 7. The highest BCUT2D eigenvalue weighted by molar-refractivity contribution is 7.89. The normalized spacial score (nSPS) is 11.4. The van der Waals surface area contributed by atoms with E-state index >= 15 is 0 Å². The third kappa shape index (κ3) is 4.19. The van der Waals surface area contributed by atoms with Crippen LogP contribution in [-0.2, 0) is 19.6 Å². The van der Waals surface area contributed by atoms with E-state index in [2.05, 4.69) is 4.98 Å². The summed E-state index contributed by atoms with van der Waals surface area (Å²) in [6.07, 6.45) is 1.40. The summed E-state index contributed by atoms with van der Waals surface area (Å²) in [7, 11) is -3.94. The van der Waals surface area contributed by atoms with Gasteiger partial charge in [0.2, 0.25) is 10.0 Å². The predicted molar refractivity (Wildman–Crippen MR) is 81.2 cm³/mol. The summed E-state index contributed by atoms with van der Waals surface area (Å²) in [5, 5.41) is 0. The zero-order chi connectivity index (χ0) is 16.0. The van der Waals surface area contributed by atoms with E-state index in [1.165, 1.54) is 18.3 Å². The average molecular weight is 331 g/mol. The molecule has 9 heteroatoms. The van der Waals surface area contributed by atoms with E-state index in [-0.39, 0.29) is 35.3 Å². The van der Waals surface area contributed by atoms with Crippen molar-refractivity contribution in [3.63, 3.8) is 0 Å². The third-order valence-corrected chi connectivity index (χ3v) is 4.73. The van der Waals surface area contributed by atoms with Crippen LogP contribution in [0.1, 0.15) is 19.5 Å². The van der Waals surface area contributed by atoms with Gasteiger partial charge < -0.3 is 10.5 Å². The number of nitrogens with two attached hydrogens (primary N) is 1. The standard InChI is InChI=1S/C12H17N3O4S2/c1-3-15(8-10(16)19-4-2)21(17,18)9-6-5-7-14-11(9)12(13)20/h5-7H,3-4,8H2,1-2H3,(H2,13,20). The zero-order valence-corrected chi connectivity index (χ0v) is 13.4. The number of carbonyl (C=O) groups excluding carboxylic acids is 1. The summed E-state index contributed by atoms with van der Waals surface area (Å²) in [5.74, 6) is -0.622. The number of nitrogens with zero attached hydrogens (tertiary/aromatic N) is 2. The molecule has 0 aliphatic heterocycles. The smallest absolute Gasteiger partial charge is 0.321 e. The number of pyridine rings is 1. The van der Waals surface area contributed by atoms with E-state index in [1.807, 2.05) is 0 Å².